The SMILES string of the molecule is CCOC(=O)CCNC(=O)C=Cc1ccc(Cl)cc1Cl. The van der Waals surface area contributed by atoms with Crippen LogP contribution in [0.4, 0.5) is 0 Å². The highest BCUT2D eigenvalue weighted by Crippen LogP contribution is 2.21. The average molecular weight is 316 g/mol. The molecule has 0 saturated heterocycles. The topological polar surface area (TPSA) is 55.4 Å². The zero-order valence-electron chi connectivity index (χ0n) is 11.0. The summed E-state index contributed by atoms with van der Waals surface area (Å²) in [4.78, 5) is 22.6. The van der Waals surface area contributed by atoms with E-state index in [9.17, 15) is 9.59 Å². The Morgan fingerprint density at radius 1 is 1.35 bits per heavy atom. The largest absolute Gasteiger partial charge is 0.466 e. The standard InChI is InChI=1S/C14H15Cl2NO3/c1-2-20-14(19)7-8-17-13(18)6-4-10-3-5-11(15)9-12(10)16/h3-6,9H,2,7-8H2,1H3,(H,17,18). The lowest BCUT2D eigenvalue weighted by Crippen LogP contribution is -2.24. The molecule has 4 nitrogen and oxygen atoms in total. The Morgan fingerprint density at radius 2 is 2.10 bits per heavy atom. The summed E-state index contributed by atoms with van der Waals surface area (Å²) in [7, 11) is 0. The summed E-state index contributed by atoms with van der Waals surface area (Å²) in [5.41, 5.74) is 0.691. The molecule has 0 aliphatic carbocycles. The number of nitrogens with one attached hydrogen (secondary N) is 1. The summed E-state index contributed by atoms with van der Waals surface area (Å²) in [6, 6.07) is 5.00. The Hall–Kier alpha value is -1.52. The fraction of sp³-hybridized carbons (Fsp3) is 0.286. The first kappa shape index (κ1) is 16.5. The second kappa shape index (κ2) is 8.61. The maximum Gasteiger partial charge on any atom is 0.307 e. The van der Waals surface area contributed by atoms with Gasteiger partial charge in [-0.05, 0) is 30.7 Å². The lowest BCUT2D eigenvalue weighted by molar-refractivity contribution is -0.142. The predicted molar refractivity (Wildman–Crippen MR) is 79.8 cm³/mol. The van der Waals surface area contributed by atoms with Crippen LogP contribution in [0.5, 0.6) is 0 Å². The van der Waals surface area contributed by atoms with Gasteiger partial charge in [-0.25, -0.2) is 0 Å². The van der Waals surface area contributed by atoms with Crippen molar-refractivity contribution in [1.82, 2.24) is 5.32 Å². The first-order valence-corrected chi connectivity index (χ1v) is 6.85. The molecule has 1 amide bonds. The molecule has 0 heterocycles. The monoisotopic (exact) mass is 315 g/mol. The van der Waals surface area contributed by atoms with Crippen LogP contribution in [0, 0.1) is 0 Å². The third kappa shape index (κ3) is 6.08. The van der Waals surface area contributed by atoms with Gasteiger partial charge in [0.05, 0.1) is 13.0 Å². The molecule has 108 valence electrons. The van der Waals surface area contributed by atoms with Gasteiger partial charge in [-0.2, -0.15) is 0 Å². The molecule has 0 atom stereocenters. The van der Waals surface area contributed by atoms with E-state index in [-0.39, 0.29) is 24.8 Å². The minimum Gasteiger partial charge on any atom is -0.466 e. The molecule has 20 heavy (non-hydrogen) atoms. The van der Waals surface area contributed by atoms with E-state index in [4.69, 9.17) is 27.9 Å². The van der Waals surface area contributed by atoms with Crippen LogP contribution in [0.2, 0.25) is 10.0 Å². The van der Waals surface area contributed by atoms with Gasteiger partial charge in [0.25, 0.3) is 0 Å². The number of rotatable bonds is 6. The van der Waals surface area contributed by atoms with E-state index < -0.39 is 0 Å². The van der Waals surface area contributed by atoms with Gasteiger partial charge >= 0.3 is 5.97 Å². The van der Waals surface area contributed by atoms with E-state index in [0.29, 0.717) is 22.2 Å². The van der Waals surface area contributed by atoms with Crippen molar-refractivity contribution in [3.05, 3.63) is 39.9 Å². The fourth-order valence-corrected chi connectivity index (χ4v) is 1.85. The average Bonchev–Trinajstić information content (AvgIpc) is 2.38. The van der Waals surface area contributed by atoms with Crippen molar-refractivity contribution in [3.63, 3.8) is 0 Å². The number of benzene rings is 1. The molecule has 1 aromatic rings. The van der Waals surface area contributed by atoms with Gasteiger partial charge in [0.2, 0.25) is 5.91 Å². The molecule has 1 N–H and O–H groups in total. The fourth-order valence-electron chi connectivity index (χ4n) is 1.38. The number of ether oxygens (including phenoxy) is 1. The zero-order valence-corrected chi connectivity index (χ0v) is 12.5. The van der Waals surface area contributed by atoms with Gasteiger partial charge in [-0.3, -0.25) is 9.59 Å². The molecule has 0 spiro atoms. The van der Waals surface area contributed by atoms with E-state index in [1.165, 1.54) is 6.08 Å². The lowest BCUT2D eigenvalue weighted by Gasteiger charge is -2.02. The van der Waals surface area contributed by atoms with E-state index in [2.05, 4.69) is 5.32 Å². The summed E-state index contributed by atoms with van der Waals surface area (Å²) in [6.07, 6.45) is 3.08. The minimum absolute atomic E-state index is 0.148. The van der Waals surface area contributed by atoms with Gasteiger partial charge in [0, 0.05) is 22.7 Å². The summed E-state index contributed by atoms with van der Waals surface area (Å²) in [5, 5.41) is 3.58. The normalized spacial score (nSPS) is 10.6. The number of carbonyl (C=O) groups is 2. The molecule has 0 fully saturated rings. The molecule has 0 saturated carbocycles. The second-order valence-electron chi connectivity index (χ2n) is 3.85. The Kier molecular flexibility index (Phi) is 7.12. The van der Waals surface area contributed by atoms with Gasteiger partial charge in [-0.1, -0.05) is 29.3 Å². The molecule has 0 unspecified atom stereocenters. The number of amides is 1. The van der Waals surface area contributed by atoms with E-state index in [1.54, 1.807) is 31.2 Å². The number of halogens is 2. The number of esters is 1. The summed E-state index contributed by atoms with van der Waals surface area (Å²) >= 11 is 11.7. The van der Waals surface area contributed by atoms with Gasteiger partial charge < -0.3 is 10.1 Å². The van der Waals surface area contributed by atoms with Crippen molar-refractivity contribution in [2.75, 3.05) is 13.2 Å². The van der Waals surface area contributed by atoms with Crippen molar-refractivity contribution < 1.29 is 14.3 Å². The van der Waals surface area contributed by atoms with Crippen LogP contribution >= 0.6 is 23.2 Å². The summed E-state index contributed by atoms with van der Waals surface area (Å²) in [6.45, 7) is 2.30. The van der Waals surface area contributed by atoms with Crippen molar-refractivity contribution in [2.24, 2.45) is 0 Å². The van der Waals surface area contributed by atoms with Crippen LogP contribution in [0.15, 0.2) is 24.3 Å². The molecule has 0 aliphatic rings. The summed E-state index contributed by atoms with van der Waals surface area (Å²) in [5.74, 6) is -0.641. The Bertz CT molecular complexity index is 515. The third-order valence-corrected chi connectivity index (χ3v) is 2.87. The van der Waals surface area contributed by atoms with Crippen LogP contribution < -0.4 is 5.32 Å². The van der Waals surface area contributed by atoms with Crippen molar-refractivity contribution in [2.45, 2.75) is 13.3 Å². The molecule has 0 bridgehead atoms. The highest BCUT2D eigenvalue weighted by Gasteiger charge is 2.03. The van der Waals surface area contributed by atoms with Gasteiger partial charge in [0.15, 0.2) is 0 Å². The minimum atomic E-state index is -0.336. The van der Waals surface area contributed by atoms with Crippen molar-refractivity contribution in [1.29, 1.82) is 0 Å². The first-order chi connectivity index (χ1) is 9.52. The number of hydrogen-bond donors (Lipinski definition) is 1. The first-order valence-electron chi connectivity index (χ1n) is 6.09. The number of carbonyl (C=O) groups excluding carboxylic acids is 2. The van der Waals surface area contributed by atoms with Crippen molar-refractivity contribution in [3.8, 4) is 0 Å². The Morgan fingerprint density at radius 3 is 2.75 bits per heavy atom. The molecule has 6 heteroatoms. The highest BCUT2D eigenvalue weighted by molar-refractivity contribution is 6.35. The third-order valence-electron chi connectivity index (χ3n) is 2.31. The zero-order chi connectivity index (χ0) is 15.0. The summed E-state index contributed by atoms with van der Waals surface area (Å²) < 4.78 is 4.74. The van der Waals surface area contributed by atoms with Gasteiger partial charge in [0.1, 0.15) is 0 Å². The quantitative estimate of drug-likeness (QED) is 0.648. The van der Waals surface area contributed by atoms with E-state index in [1.807, 2.05) is 0 Å². The second-order valence-corrected chi connectivity index (χ2v) is 4.69. The van der Waals surface area contributed by atoms with Crippen LogP contribution in [-0.2, 0) is 14.3 Å². The van der Waals surface area contributed by atoms with E-state index >= 15 is 0 Å². The van der Waals surface area contributed by atoms with Gasteiger partial charge in [-0.15, -0.1) is 0 Å². The maximum absolute atomic E-state index is 11.5. The maximum atomic E-state index is 11.5. The molecule has 0 radical (unpaired) electrons. The van der Waals surface area contributed by atoms with Crippen LogP contribution in [0.3, 0.4) is 0 Å². The smallest absolute Gasteiger partial charge is 0.307 e. The Balaban J connectivity index is 2.42. The lowest BCUT2D eigenvalue weighted by atomic mass is 10.2. The molecule has 1 aromatic carbocycles. The van der Waals surface area contributed by atoms with Crippen LogP contribution in [-0.4, -0.2) is 25.0 Å². The van der Waals surface area contributed by atoms with Crippen LogP contribution in [0.25, 0.3) is 6.08 Å². The highest BCUT2D eigenvalue weighted by atomic mass is 35.5. The molecule has 1 rings (SSSR count). The van der Waals surface area contributed by atoms with Crippen molar-refractivity contribution >= 4 is 41.2 Å². The molecular weight excluding hydrogens is 301 g/mol. The molecule has 0 aromatic heterocycles. The van der Waals surface area contributed by atoms with E-state index in [0.717, 1.165) is 0 Å². The molecular formula is C14H15Cl2NO3. The predicted octanol–water partition coefficient (Wildman–Crippen LogP) is 3.08. The van der Waals surface area contributed by atoms with Crippen LogP contribution in [0.1, 0.15) is 18.9 Å². The number of hydrogen-bond acceptors (Lipinski definition) is 3. The molecule has 0 aliphatic heterocycles. The Labute approximate surface area is 127 Å².